The molecule has 2 heteroatoms. The lowest BCUT2D eigenvalue weighted by molar-refractivity contribution is 0.364. The predicted molar refractivity (Wildman–Crippen MR) is 113 cm³/mol. The largest absolute Gasteiger partial charge is 0.205 e. The number of unbranched alkanes of at least 4 members (excludes halogenated alkanes) is 1. The summed E-state index contributed by atoms with van der Waals surface area (Å²) in [6, 6.07) is 12.9. The fraction of sp³-hybridized carbons (Fsp3) is 0.360. The molecule has 0 N–H and O–H groups in total. The van der Waals surface area contributed by atoms with Crippen LogP contribution in [0.4, 0.5) is 4.39 Å². The molecule has 0 heterocycles. The van der Waals surface area contributed by atoms with Gasteiger partial charge in [-0.05, 0) is 73.4 Å². The van der Waals surface area contributed by atoms with Crippen LogP contribution in [0.15, 0.2) is 54.6 Å². The molecule has 140 valence electrons. The zero-order chi connectivity index (χ0) is 19.1. The topological polar surface area (TPSA) is 0 Å². The van der Waals surface area contributed by atoms with Crippen LogP contribution in [0.2, 0.25) is 5.02 Å². The van der Waals surface area contributed by atoms with E-state index in [0.717, 1.165) is 22.6 Å². The van der Waals surface area contributed by atoms with Gasteiger partial charge >= 0.3 is 0 Å². The van der Waals surface area contributed by atoms with Crippen molar-refractivity contribution in [2.45, 2.75) is 45.4 Å². The minimum Gasteiger partial charge on any atom is -0.205 e. The van der Waals surface area contributed by atoms with E-state index in [2.05, 4.69) is 30.9 Å². The summed E-state index contributed by atoms with van der Waals surface area (Å²) >= 11 is 5.75. The SMILES string of the molecule is CCCC=C[C@H]1CC[C@H](C#Cc2ccc(-c3ccc(Cl)c(F)c3)cc2)CC1. The first-order chi connectivity index (χ1) is 13.2. The molecule has 0 nitrogen and oxygen atoms in total. The van der Waals surface area contributed by atoms with Crippen LogP contribution in [-0.2, 0) is 0 Å². The van der Waals surface area contributed by atoms with Gasteiger partial charge in [-0.25, -0.2) is 4.39 Å². The van der Waals surface area contributed by atoms with E-state index in [-0.39, 0.29) is 5.02 Å². The molecule has 3 rings (SSSR count). The zero-order valence-corrected chi connectivity index (χ0v) is 16.6. The maximum absolute atomic E-state index is 13.6. The van der Waals surface area contributed by atoms with E-state index < -0.39 is 5.82 Å². The first kappa shape index (κ1) is 19.7. The fourth-order valence-corrected chi connectivity index (χ4v) is 3.64. The average Bonchev–Trinajstić information content (AvgIpc) is 2.70. The molecule has 1 aliphatic carbocycles. The molecule has 0 aliphatic heterocycles. The highest BCUT2D eigenvalue weighted by molar-refractivity contribution is 6.30. The highest BCUT2D eigenvalue weighted by Crippen LogP contribution is 2.29. The molecule has 2 aromatic carbocycles. The van der Waals surface area contributed by atoms with E-state index in [0.29, 0.717) is 5.92 Å². The molecule has 1 fully saturated rings. The van der Waals surface area contributed by atoms with Crippen LogP contribution in [0.25, 0.3) is 11.1 Å². The Hall–Kier alpha value is -2.04. The smallest absolute Gasteiger partial charge is 0.142 e. The minimum absolute atomic E-state index is 0.150. The highest BCUT2D eigenvalue weighted by Gasteiger charge is 2.17. The molecular weight excluding hydrogens is 355 g/mol. The summed E-state index contributed by atoms with van der Waals surface area (Å²) in [7, 11) is 0. The van der Waals surface area contributed by atoms with Crippen LogP contribution >= 0.6 is 11.6 Å². The van der Waals surface area contributed by atoms with E-state index in [9.17, 15) is 4.39 Å². The van der Waals surface area contributed by atoms with Gasteiger partial charge in [0.1, 0.15) is 5.82 Å². The van der Waals surface area contributed by atoms with Crippen molar-refractivity contribution in [3.8, 4) is 23.0 Å². The molecule has 0 amide bonds. The van der Waals surface area contributed by atoms with Gasteiger partial charge in [0, 0.05) is 11.5 Å². The lowest BCUT2D eigenvalue weighted by Crippen LogP contribution is -2.11. The normalized spacial score (nSPS) is 19.7. The first-order valence-electron chi connectivity index (χ1n) is 9.89. The minimum atomic E-state index is -0.391. The predicted octanol–water partition coefficient (Wildman–Crippen LogP) is 7.66. The van der Waals surface area contributed by atoms with Gasteiger partial charge in [0.25, 0.3) is 0 Å². The van der Waals surface area contributed by atoms with Crippen molar-refractivity contribution in [1.29, 1.82) is 0 Å². The lowest BCUT2D eigenvalue weighted by Gasteiger charge is -2.23. The van der Waals surface area contributed by atoms with E-state index in [4.69, 9.17) is 11.6 Å². The third kappa shape index (κ3) is 5.72. The molecule has 0 aromatic heterocycles. The molecule has 1 aliphatic rings. The van der Waals surface area contributed by atoms with E-state index in [1.165, 1.54) is 44.6 Å². The number of halogens is 2. The van der Waals surface area contributed by atoms with Gasteiger partial charge in [-0.1, -0.05) is 67.1 Å². The Labute approximate surface area is 167 Å². The summed E-state index contributed by atoms with van der Waals surface area (Å²) in [4.78, 5) is 0. The molecule has 2 aromatic rings. The summed E-state index contributed by atoms with van der Waals surface area (Å²) in [6.07, 6.45) is 12.0. The van der Waals surface area contributed by atoms with Crippen LogP contribution in [0.3, 0.4) is 0 Å². The first-order valence-corrected chi connectivity index (χ1v) is 10.3. The number of hydrogen-bond donors (Lipinski definition) is 0. The molecule has 0 spiro atoms. The van der Waals surface area contributed by atoms with Gasteiger partial charge in [-0.15, -0.1) is 0 Å². The molecular formula is C25H26ClF. The third-order valence-electron chi connectivity index (χ3n) is 5.19. The Balaban J connectivity index is 1.57. The second-order valence-corrected chi connectivity index (χ2v) is 7.71. The van der Waals surface area contributed by atoms with Crippen LogP contribution in [0, 0.1) is 29.5 Å². The van der Waals surface area contributed by atoms with Gasteiger partial charge in [0.05, 0.1) is 5.02 Å². The van der Waals surface area contributed by atoms with E-state index >= 15 is 0 Å². The lowest BCUT2D eigenvalue weighted by atomic mass is 9.82. The van der Waals surface area contributed by atoms with Gasteiger partial charge in [0.15, 0.2) is 0 Å². The average molecular weight is 381 g/mol. The fourth-order valence-electron chi connectivity index (χ4n) is 3.52. The summed E-state index contributed by atoms with van der Waals surface area (Å²) in [6.45, 7) is 2.22. The molecule has 27 heavy (non-hydrogen) atoms. The quantitative estimate of drug-likeness (QED) is 0.377. The Morgan fingerprint density at radius 1 is 1.04 bits per heavy atom. The molecule has 0 radical (unpaired) electrons. The van der Waals surface area contributed by atoms with E-state index in [1.54, 1.807) is 6.07 Å². The second-order valence-electron chi connectivity index (χ2n) is 7.30. The summed E-state index contributed by atoms with van der Waals surface area (Å²) in [5.41, 5.74) is 2.81. The molecule has 1 saturated carbocycles. The molecule has 0 unspecified atom stereocenters. The maximum Gasteiger partial charge on any atom is 0.142 e. The Morgan fingerprint density at radius 2 is 1.74 bits per heavy atom. The highest BCUT2D eigenvalue weighted by atomic mass is 35.5. The van der Waals surface area contributed by atoms with Crippen molar-refractivity contribution in [2.75, 3.05) is 0 Å². The van der Waals surface area contributed by atoms with Crippen molar-refractivity contribution >= 4 is 11.6 Å². The van der Waals surface area contributed by atoms with Gasteiger partial charge in [-0.2, -0.15) is 0 Å². The van der Waals surface area contributed by atoms with Crippen LogP contribution in [0.1, 0.15) is 51.0 Å². The van der Waals surface area contributed by atoms with Crippen LogP contribution in [-0.4, -0.2) is 0 Å². The monoisotopic (exact) mass is 380 g/mol. The Kier molecular flexibility index (Phi) is 7.13. The maximum atomic E-state index is 13.6. The van der Waals surface area contributed by atoms with Crippen molar-refractivity contribution in [3.05, 3.63) is 71.0 Å². The number of allylic oxidation sites excluding steroid dienone is 2. The van der Waals surface area contributed by atoms with Crippen LogP contribution in [0.5, 0.6) is 0 Å². The molecule has 0 atom stereocenters. The standard InChI is InChI=1S/C25H26ClF/c1-2-3-4-5-19-6-8-20(9-7-19)10-11-21-12-14-22(15-13-21)23-16-17-24(26)25(27)18-23/h4-5,12-20H,2-3,6-9H2,1H3/t19-,20-. The summed E-state index contributed by atoms with van der Waals surface area (Å²) in [5.74, 6) is 7.63. The van der Waals surface area contributed by atoms with Gasteiger partial charge < -0.3 is 0 Å². The van der Waals surface area contributed by atoms with Crippen molar-refractivity contribution in [2.24, 2.45) is 11.8 Å². The van der Waals surface area contributed by atoms with Crippen LogP contribution < -0.4 is 0 Å². The van der Waals surface area contributed by atoms with E-state index in [1.807, 2.05) is 30.3 Å². The number of hydrogen-bond acceptors (Lipinski definition) is 0. The Morgan fingerprint density at radius 3 is 2.41 bits per heavy atom. The van der Waals surface area contributed by atoms with Crippen molar-refractivity contribution in [1.82, 2.24) is 0 Å². The van der Waals surface area contributed by atoms with Crippen molar-refractivity contribution < 1.29 is 4.39 Å². The van der Waals surface area contributed by atoms with Gasteiger partial charge in [0.2, 0.25) is 0 Å². The summed E-state index contributed by atoms with van der Waals surface area (Å²) < 4.78 is 13.6. The van der Waals surface area contributed by atoms with Gasteiger partial charge in [-0.3, -0.25) is 0 Å². The second kappa shape index (κ2) is 9.77. The number of benzene rings is 2. The number of rotatable bonds is 4. The third-order valence-corrected chi connectivity index (χ3v) is 5.50. The Bertz CT molecular complexity index is 831. The summed E-state index contributed by atoms with van der Waals surface area (Å²) in [5, 5.41) is 0.150. The molecule has 0 saturated heterocycles. The molecule has 0 bridgehead atoms. The van der Waals surface area contributed by atoms with Crippen molar-refractivity contribution in [3.63, 3.8) is 0 Å². The zero-order valence-electron chi connectivity index (χ0n) is 15.8.